The Bertz CT molecular complexity index is 322. The summed E-state index contributed by atoms with van der Waals surface area (Å²) < 4.78 is 1.22. The second-order valence-electron chi connectivity index (χ2n) is 3.79. The van der Waals surface area contributed by atoms with Gasteiger partial charge in [0.15, 0.2) is 0 Å². The van der Waals surface area contributed by atoms with E-state index in [1.807, 2.05) is 0 Å². The zero-order valence-electron chi connectivity index (χ0n) is 7.76. The van der Waals surface area contributed by atoms with Crippen LogP contribution in [-0.2, 0) is 0 Å². The number of nitrogens with two attached hydrogens (primary N) is 1. The van der Waals surface area contributed by atoms with Gasteiger partial charge in [0.25, 0.3) is 0 Å². The summed E-state index contributed by atoms with van der Waals surface area (Å²) in [7, 11) is 0. The lowest BCUT2D eigenvalue weighted by molar-refractivity contribution is 0.807. The van der Waals surface area contributed by atoms with Crippen LogP contribution in [0.3, 0.4) is 0 Å². The van der Waals surface area contributed by atoms with Gasteiger partial charge in [0.2, 0.25) is 0 Å². The Morgan fingerprint density at radius 1 is 1.54 bits per heavy atom. The molecule has 1 aromatic rings. The van der Waals surface area contributed by atoms with Crippen LogP contribution >= 0.6 is 15.9 Å². The van der Waals surface area contributed by atoms with Crippen LogP contribution in [0.4, 0.5) is 0 Å². The van der Waals surface area contributed by atoms with Crippen LogP contribution in [0.15, 0.2) is 22.7 Å². The molecule has 13 heavy (non-hydrogen) atoms. The van der Waals surface area contributed by atoms with Crippen molar-refractivity contribution in [1.82, 2.24) is 0 Å². The molecule has 1 fully saturated rings. The molecule has 2 unspecified atom stereocenters. The first-order valence-corrected chi connectivity index (χ1v) is 5.48. The van der Waals surface area contributed by atoms with Crippen LogP contribution in [-0.4, -0.2) is 6.54 Å². The fourth-order valence-electron chi connectivity index (χ4n) is 1.91. The molecule has 1 nitrogen and oxygen atoms in total. The maximum atomic E-state index is 5.64. The molecule has 1 saturated carbocycles. The largest absolute Gasteiger partial charge is 0.330 e. The average molecular weight is 240 g/mol. The van der Waals surface area contributed by atoms with Crippen LogP contribution in [0.25, 0.3) is 0 Å². The molecular weight excluding hydrogens is 226 g/mol. The second kappa shape index (κ2) is 3.43. The van der Waals surface area contributed by atoms with Crippen molar-refractivity contribution in [2.24, 2.45) is 11.7 Å². The Morgan fingerprint density at radius 2 is 2.31 bits per heavy atom. The van der Waals surface area contributed by atoms with Gasteiger partial charge in [-0.2, -0.15) is 0 Å². The van der Waals surface area contributed by atoms with E-state index in [0.717, 1.165) is 18.4 Å². The summed E-state index contributed by atoms with van der Waals surface area (Å²) in [6.45, 7) is 3.00. The summed E-state index contributed by atoms with van der Waals surface area (Å²) in [6, 6.07) is 6.43. The molecule has 0 aromatic heterocycles. The molecule has 1 aliphatic rings. The molecule has 1 aliphatic carbocycles. The van der Waals surface area contributed by atoms with Crippen molar-refractivity contribution in [3.8, 4) is 0 Å². The molecule has 0 radical (unpaired) electrons. The van der Waals surface area contributed by atoms with Gasteiger partial charge < -0.3 is 5.73 Å². The first kappa shape index (κ1) is 9.22. The van der Waals surface area contributed by atoms with Crippen LogP contribution < -0.4 is 5.73 Å². The fourth-order valence-corrected chi connectivity index (χ4v) is 2.30. The quantitative estimate of drug-likeness (QED) is 0.845. The molecule has 0 spiro atoms. The van der Waals surface area contributed by atoms with Crippen LogP contribution in [0.5, 0.6) is 0 Å². The lowest BCUT2D eigenvalue weighted by Crippen LogP contribution is -2.02. The maximum absolute atomic E-state index is 5.64. The molecule has 2 rings (SSSR count). The Hall–Kier alpha value is -0.340. The summed E-state index contributed by atoms with van der Waals surface area (Å²) in [5, 5.41) is 0. The normalized spacial score (nSPS) is 26.1. The number of rotatable bonds is 2. The van der Waals surface area contributed by atoms with E-state index in [9.17, 15) is 0 Å². The monoisotopic (exact) mass is 239 g/mol. The van der Waals surface area contributed by atoms with Crippen molar-refractivity contribution >= 4 is 15.9 Å². The highest BCUT2D eigenvalue weighted by atomic mass is 79.9. The first-order chi connectivity index (χ1) is 6.24. The third-order valence-corrected chi connectivity index (χ3v) is 3.79. The highest BCUT2D eigenvalue weighted by Crippen LogP contribution is 2.48. The lowest BCUT2D eigenvalue weighted by atomic mass is 10.0. The summed E-state index contributed by atoms with van der Waals surface area (Å²) in [4.78, 5) is 0. The van der Waals surface area contributed by atoms with Crippen LogP contribution in [0.1, 0.15) is 23.5 Å². The van der Waals surface area contributed by atoms with E-state index >= 15 is 0 Å². The molecule has 0 aliphatic heterocycles. The van der Waals surface area contributed by atoms with E-state index in [-0.39, 0.29) is 0 Å². The minimum absolute atomic E-state index is 0.725. The van der Waals surface area contributed by atoms with Gasteiger partial charge >= 0.3 is 0 Å². The van der Waals surface area contributed by atoms with Crippen molar-refractivity contribution in [2.45, 2.75) is 19.3 Å². The number of hydrogen-bond donors (Lipinski definition) is 1. The van der Waals surface area contributed by atoms with E-state index in [4.69, 9.17) is 5.73 Å². The van der Waals surface area contributed by atoms with Gasteiger partial charge in [0.05, 0.1) is 0 Å². The van der Waals surface area contributed by atoms with Crippen molar-refractivity contribution in [1.29, 1.82) is 0 Å². The average Bonchev–Trinajstić information content (AvgIpc) is 2.89. The molecule has 0 heterocycles. The third kappa shape index (κ3) is 1.65. The Morgan fingerprint density at radius 3 is 2.92 bits per heavy atom. The summed E-state index contributed by atoms with van der Waals surface area (Å²) in [5.74, 6) is 1.45. The zero-order valence-corrected chi connectivity index (χ0v) is 9.34. The second-order valence-corrected chi connectivity index (χ2v) is 4.65. The van der Waals surface area contributed by atoms with Crippen molar-refractivity contribution in [2.75, 3.05) is 6.54 Å². The molecule has 0 saturated heterocycles. The van der Waals surface area contributed by atoms with Crippen molar-refractivity contribution in [3.63, 3.8) is 0 Å². The lowest BCUT2D eigenvalue weighted by Gasteiger charge is -2.06. The molecule has 0 bridgehead atoms. The minimum Gasteiger partial charge on any atom is -0.330 e. The van der Waals surface area contributed by atoms with Gasteiger partial charge in [-0.15, -0.1) is 0 Å². The molecule has 2 heteroatoms. The number of hydrogen-bond acceptors (Lipinski definition) is 1. The van der Waals surface area contributed by atoms with Crippen LogP contribution in [0, 0.1) is 12.8 Å². The van der Waals surface area contributed by atoms with Crippen molar-refractivity contribution < 1.29 is 0 Å². The Balaban J connectivity index is 2.27. The van der Waals surface area contributed by atoms with E-state index < -0.39 is 0 Å². The predicted molar refractivity (Wildman–Crippen MR) is 58.8 cm³/mol. The molecular formula is C11H14BrN. The highest BCUT2D eigenvalue weighted by Gasteiger charge is 2.37. The van der Waals surface area contributed by atoms with E-state index in [2.05, 4.69) is 41.1 Å². The molecule has 70 valence electrons. The number of benzene rings is 1. The van der Waals surface area contributed by atoms with Gasteiger partial charge in [-0.05, 0) is 48.9 Å². The molecule has 2 N–H and O–H groups in total. The first-order valence-electron chi connectivity index (χ1n) is 4.69. The fraction of sp³-hybridized carbons (Fsp3) is 0.455. The maximum Gasteiger partial charge on any atom is 0.0207 e. The highest BCUT2D eigenvalue weighted by molar-refractivity contribution is 9.10. The minimum atomic E-state index is 0.725. The molecule has 2 atom stereocenters. The van der Waals surface area contributed by atoms with Gasteiger partial charge in [-0.1, -0.05) is 28.1 Å². The topological polar surface area (TPSA) is 26.0 Å². The SMILES string of the molecule is Cc1c(Br)cccc1C1CC1CN. The van der Waals surface area contributed by atoms with E-state index in [1.165, 1.54) is 22.0 Å². The van der Waals surface area contributed by atoms with Gasteiger partial charge in [-0.25, -0.2) is 0 Å². The van der Waals surface area contributed by atoms with Gasteiger partial charge in [0, 0.05) is 4.47 Å². The Labute approximate surface area is 87.5 Å². The summed E-state index contributed by atoms with van der Waals surface area (Å²) >= 11 is 3.55. The number of halogens is 1. The summed E-state index contributed by atoms with van der Waals surface area (Å²) in [5.41, 5.74) is 8.49. The standard InChI is InChI=1S/C11H14BrN/c1-7-9(3-2-4-11(7)12)10-5-8(10)6-13/h2-4,8,10H,5-6,13H2,1H3. The van der Waals surface area contributed by atoms with Crippen LogP contribution in [0.2, 0.25) is 0 Å². The smallest absolute Gasteiger partial charge is 0.0207 e. The van der Waals surface area contributed by atoms with E-state index in [1.54, 1.807) is 0 Å². The zero-order chi connectivity index (χ0) is 9.42. The van der Waals surface area contributed by atoms with Gasteiger partial charge in [-0.3, -0.25) is 0 Å². The predicted octanol–water partition coefficient (Wildman–Crippen LogP) is 2.82. The van der Waals surface area contributed by atoms with E-state index in [0.29, 0.717) is 0 Å². The summed E-state index contributed by atoms with van der Waals surface area (Å²) in [6.07, 6.45) is 1.27. The van der Waals surface area contributed by atoms with Crippen molar-refractivity contribution in [3.05, 3.63) is 33.8 Å². The molecule has 1 aromatic carbocycles. The third-order valence-electron chi connectivity index (χ3n) is 2.93. The Kier molecular flexibility index (Phi) is 2.43. The van der Waals surface area contributed by atoms with Gasteiger partial charge in [0.1, 0.15) is 0 Å². The molecule has 0 amide bonds.